The maximum atomic E-state index is 12.9. The van der Waals surface area contributed by atoms with Crippen molar-refractivity contribution in [1.29, 1.82) is 0 Å². The predicted octanol–water partition coefficient (Wildman–Crippen LogP) is 2.35. The first-order valence-electron chi connectivity index (χ1n) is 8.34. The lowest BCUT2D eigenvalue weighted by Gasteiger charge is -2.35. The average molecular weight is 317 g/mol. The molecule has 1 aliphatic rings. The number of benzene rings is 1. The van der Waals surface area contributed by atoms with Gasteiger partial charge in [-0.3, -0.25) is 9.59 Å². The van der Waals surface area contributed by atoms with Crippen LogP contribution in [0.4, 0.5) is 5.69 Å². The van der Waals surface area contributed by atoms with E-state index in [-0.39, 0.29) is 11.8 Å². The van der Waals surface area contributed by atoms with Crippen molar-refractivity contribution >= 4 is 17.5 Å². The largest absolute Gasteiger partial charge is 0.338 e. The van der Waals surface area contributed by atoms with E-state index in [0.717, 1.165) is 19.5 Å². The van der Waals surface area contributed by atoms with Crippen molar-refractivity contribution in [3.63, 3.8) is 0 Å². The Labute approximate surface area is 138 Å². The van der Waals surface area contributed by atoms with Crippen LogP contribution in [0, 0.1) is 11.8 Å². The fourth-order valence-electron chi connectivity index (χ4n) is 3.23. The van der Waals surface area contributed by atoms with Gasteiger partial charge in [-0.15, -0.1) is 0 Å². The molecule has 0 radical (unpaired) electrons. The Balaban J connectivity index is 2.12. The average Bonchev–Trinajstić information content (AvgIpc) is 2.52. The number of carbonyl (C=O) groups excluding carboxylic acids is 2. The lowest BCUT2D eigenvalue weighted by atomic mass is 9.91. The first kappa shape index (κ1) is 17.5. The summed E-state index contributed by atoms with van der Waals surface area (Å²) in [7, 11) is 1.81. The minimum Gasteiger partial charge on any atom is -0.338 e. The van der Waals surface area contributed by atoms with E-state index in [0.29, 0.717) is 36.1 Å². The Hall–Kier alpha value is -1.88. The third-order valence-corrected chi connectivity index (χ3v) is 4.19. The molecule has 2 unspecified atom stereocenters. The van der Waals surface area contributed by atoms with Crippen LogP contribution in [0.3, 0.4) is 0 Å². The Bertz CT molecular complexity index is 549. The molecule has 0 saturated carbocycles. The Morgan fingerprint density at radius 3 is 2.48 bits per heavy atom. The summed E-state index contributed by atoms with van der Waals surface area (Å²) in [5, 5.41) is 5.81. The number of amides is 2. The summed E-state index contributed by atoms with van der Waals surface area (Å²) < 4.78 is 0. The summed E-state index contributed by atoms with van der Waals surface area (Å²) in [6.07, 6.45) is 1.54. The van der Waals surface area contributed by atoms with Gasteiger partial charge in [-0.2, -0.15) is 0 Å². The van der Waals surface area contributed by atoms with E-state index in [1.165, 1.54) is 0 Å². The molecule has 5 heteroatoms. The molecule has 2 N–H and O–H groups in total. The van der Waals surface area contributed by atoms with E-state index in [2.05, 4.69) is 24.5 Å². The van der Waals surface area contributed by atoms with Gasteiger partial charge in [0.25, 0.3) is 5.91 Å². The van der Waals surface area contributed by atoms with Crippen LogP contribution in [0.2, 0.25) is 0 Å². The van der Waals surface area contributed by atoms with Gasteiger partial charge in [0, 0.05) is 26.1 Å². The number of para-hydroxylation sites is 1. The molecule has 0 aliphatic carbocycles. The van der Waals surface area contributed by atoms with Crippen LogP contribution in [0.15, 0.2) is 24.3 Å². The summed E-state index contributed by atoms with van der Waals surface area (Å²) in [6.45, 7) is 6.54. The van der Waals surface area contributed by atoms with Gasteiger partial charge in [-0.05, 0) is 37.4 Å². The van der Waals surface area contributed by atoms with Gasteiger partial charge in [-0.25, -0.2) is 0 Å². The second kappa shape index (κ2) is 8.11. The molecule has 1 aliphatic heterocycles. The normalized spacial score (nSPS) is 21.1. The maximum absolute atomic E-state index is 12.9. The summed E-state index contributed by atoms with van der Waals surface area (Å²) in [6, 6.07) is 7.26. The molecule has 2 rings (SSSR count). The van der Waals surface area contributed by atoms with Gasteiger partial charge in [0.1, 0.15) is 0 Å². The number of hydrogen-bond acceptors (Lipinski definition) is 3. The SMILES string of the molecule is CNCCC(=O)Nc1ccccc1C(=O)N1CC(C)CC(C)C1. The molecule has 0 aromatic heterocycles. The second-order valence-corrected chi connectivity index (χ2v) is 6.60. The second-order valence-electron chi connectivity index (χ2n) is 6.60. The maximum Gasteiger partial charge on any atom is 0.255 e. The zero-order valence-corrected chi connectivity index (χ0v) is 14.3. The van der Waals surface area contributed by atoms with Crippen LogP contribution in [-0.4, -0.2) is 43.4 Å². The molecule has 23 heavy (non-hydrogen) atoms. The summed E-state index contributed by atoms with van der Waals surface area (Å²) in [5.74, 6) is 0.952. The lowest BCUT2D eigenvalue weighted by molar-refractivity contribution is -0.116. The zero-order chi connectivity index (χ0) is 16.8. The fraction of sp³-hybridized carbons (Fsp3) is 0.556. The van der Waals surface area contributed by atoms with Crippen LogP contribution >= 0.6 is 0 Å². The number of carbonyl (C=O) groups is 2. The van der Waals surface area contributed by atoms with Gasteiger partial charge < -0.3 is 15.5 Å². The highest BCUT2D eigenvalue weighted by atomic mass is 16.2. The first-order chi connectivity index (χ1) is 11.0. The predicted molar refractivity (Wildman–Crippen MR) is 92.5 cm³/mol. The van der Waals surface area contributed by atoms with Crippen molar-refractivity contribution < 1.29 is 9.59 Å². The highest BCUT2D eigenvalue weighted by Gasteiger charge is 2.27. The number of piperidine rings is 1. The van der Waals surface area contributed by atoms with E-state index in [9.17, 15) is 9.59 Å². The van der Waals surface area contributed by atoms with Crippen LogP contribution in [0.25, 0.3) is 0 Å². The Morgan fingerprint density at radius 2 is 1.83 bits per heavy atom. The van der Waals surface area contributed by atoms with Crippen LogP contribution in [0.1, 0.15) is 37.0 Å². The van der Waals surface area contributed by atoms with Crippen molar-refractivity contribution in [3.8, 4) is 0 Å². The van der Waals surface area contributed by atoms with Crippen LogP contribution in [-0.2, 0) is 4.79 Å². The van der Waals surface area contributed by atoms with Crippen molar-refractivity contribution in [2.24, 2.45) is 11.8 Å². The molecule has 1 aromatic rings. The van der Waals surface area contributed by atoms with Gasteiger partial charge in [0.05, 0.1) is 11.3 Å². The van der Waals surface area contributed by atoms with E-state index < -0.39 is 0 Å². The van der Waals surface area contributed by atoms with Gasteiger partial charge >= 0.3 is 0 Å². The van der Waals surface area contributed by atoms with E-state index in [4.69, 9.17) is 0 Å². The molecule has 1 aromatic carbocycles. The van der Waals surface area contributed by atoms with Crippen molar-refractivity contribution in [3.05, 3.63) is 29.8 Å². The standard InChI is InChI=1S/C18H27N3O2/c1-13-10-14(2)12-21(11-13)18(23)15-6-4-5-7-16(15)20-17(22)8-9-19-3/h4-7,13-14,19H,8-12H2,1-3H3,(H,20,22). The molecule has 2 amide bonds. The number of nitrogens with zero attached hydrogens (tertiary/aromatic N) is 1. The van der Waals surface area contributed by atoms with E-state index >= 15 is 0 Å². The minimum absolute atomic E-state index is 0.00733. The summed E-state index contributed by atoms with van der Waals surface area (Å²) >= 11 is 0. The number of anilines is 1. The van der Waals surface area contributed by atoms with Gasteiger partial charge in [0.15, 0.2) is 0 Å². The molecule has 2 atom stereocenters. The van der Waals surface area contributed by atoms with Crippen LogP contribution < -0.4 is 10.6 Å². The highest BCUT2D eigenvalue weighted by Crippen LogP contribution is 2.25. The summed E-state index contributed by atoms with van der Waals surface area (Å²) in [4.78, 5) is 26.7. The molecule has 0 bridgehead atoms. The third kappa shape index (κ3) is 4.79. The van der Waals surface area contributed by atoms with Crippen LogP contribution in [0.5, 0.6) is 0 Å². The zero-order valence-electron chi connectivity index (χ0n) is 14.3. The monoisotopic (exact) mass is 317 g/mol. The van der Waals surface area contributed by atoms with Gasteiger partial charge in [0.2, 0.25) is 5.91 Å². The van der Waals surface area contributed by atoms with E-state index in [1.54, 1.807) is 12.1 Å². The summed E-state index contributed by atoms with van der Waals surface area (Å²) in [5.41, 5.74) is 1.18. The number of hydrogen-bond donors (Lipinski definition) is 2. The molecular formula is C18H27N3O2. The molecule has 5 nitrogen and oxygen atoms in total. The smallest absolute Gasteiger partial charge is 0.255 e. The van der Waals surface area contributed by atoms with E-state index in [1.807, 2.05) is 24.1 Å². The van der Waals surface area contributed by atoms with Crippen molar-refractivity contribution in [1.82, 2.24) is 10.2 Å². The third-order valence-electron chi connectivity index (χ3n) is 4.19. The van der Waals surface area contributed by atoms with Crippen molar-refractivity contribution in [2.75, 3.05) is 32.0 Å². The quantitative estimate of drug-likeness (QED) is 0.876. The van der Waals surface area contributed by atoms with Crippen molar-refractivity contribution in [2.45, 2.75) is 26.7 Å². The molecule has 126 valence electrons. The molecule has 1 heterocycles. The molecular weight excluding hydrogens is 290 g/mol. The molecule has 1 fully saturated rings. The minimum atomic E-state index is -0.0834. The van der Waals surface area contributed by atoms with Gasteiger partial charge in [-0.1, -0.05) is 26.0 Å². The topological polar surface area (TPSA) is 61.4 Å². The number of likely N-dealkylation sites (tertiary alicyclic amines) is 1. The fourth-order valence-corrected chi connectivity index (χ4v) is 3.23. The number of rotatable bonds is 5. The highest BCUT2D eigenvalue weighted by molar-refractivity contribution is 6.03. The molecule has 0 spiro atoms. The molecule has 1 saturated heterocycles. The lowest BCUT2D eigenvalue weighted by Crippen LogP contribution is -2.42. The number of nitrogens with one attached hydrogen (secondary N) is 2. The Kier molecular flexibility index (Phi) is 6.16. The first-order valence-corrected chi connectivity index (χ1v) is 8.34. The Morgan fingerprint density at radius 1 is 1.17 bits per heavy atom.